The monoisotopic (exact) mass is 238 g/mol. The smallest absolute Gasteiger partial charge is 0.411 e. The molecule has 1 fully saturated rings. The van der Waals surface area contributed by atoms with Crippen molar-refractivity contribution in [3.63, 3.8) is 0 Å². The van der Waals surface area contributed by atoms with Gasteiger partial charge in [0.15, 0.2) is 0 Å². The molecule has 1 atom stereocenters. The Kier molecular flexibility index (Phi) is 3.93. The number of halogens is 1. The zero-order chi connectivity index (χ0) is 12.1. The molecule has 2 N–H and O–H groups in total. The van der Waals surface area contributed by atoms with Crippen molar-refractivity contribution >= 4 is 11.8 Å². The van der Waals surface area contributed by atoms with Gasteiger partial charge in [-0.3, -0.25) is 5.32 Å². The van der Waals surface area contributed by atoms with Gasteiger partial charge in [0.1, 0.15) is 5.82 Å². The summed E-state index contributed by atoms with van der Waals surface area (Å²) in [6, 6.07) is 5.71. The van der Waals surface area contributed by atoms with Crippen molar-refractivity contribution in [3.05, 3.63) is 30.1 Å². The van der Waals surface area contributed by atoms with Gasteiger partial charge in [-0.2, -0.15) is 0 Å². The van der Waals surface area contributed by atoms with Crippen molar-refractivity contribution in [1.82, 2.24) is 5.32 Å². The van der Waals surface area contributed by atoms with E-state index in [9.17, 15) is 9.18 Å². The molecule has 0 aromatic heterocycles. The topological polar surface area (TPSA) is 50.4 Å². The van der Waals surface area contributed by atoms with E-state index >= 15 is 0 Å². The van der Waals surface area contributed by atoms with Gasteiger partial charge in [0.2, 0.25) is 0 Å². The van der Waals surface area contributed by atoms with E-state index in [-0.39, 0.29) is 5.82 Å². The predicted molar refractivity (Wildman–Crippen MR) is 62.3 cm³/mol. The minimum Gasteiger partial charge on any atom is -0.449 e. The lowest BCUT2D eigenvalue weighted by Gasteiger charge is -2.10. The summed E-state index contributed by atoms with van der Waals surface area (Å²) in [6.07, 6.45) is 0.482. The molecule has 1 unspecified atom stereocenters. The lowest BCUT2D eigenvalue weighted by Crippen LogP contribution is -2.20. The average molecular weight is 238 g/mol. The number of hydrogen-bond donors (Lipinski definition) is 2. The second-order valence-electron chi connectivity index (χ2n) is 4.09. The van der Waals surface area contributed by atoms with Crippen molar-refractivity contribution in [2.24, 2.45) is 5.92 Å². The van der Waals surface area contributed by atoms with Gasteiger partial charge in [-0.15, -0.1) is 0 Å². The number of benzene rings is 1. The molecule has 0 bridgehead atoms. The van der Waals surface area contributed by atoms with Crippen LogP contribution in [-0.4, -0.2) is 25.8 Å². The van der Waals surface area contributed by atoms with E-state index in [0.717, 1.165) is 19.5 Å². The molecule has 1 aromatic carbocycles. The highest BCUT2D eigenvalue weighted by molar-refractivity contribution is 5.84. The van der Waals surface area contributed by atoms with Gasteiger partial charge >= 0.3 is 6.09 Å². The first-order chi connectivity index (χ1) is 8.24. The van der Waals surface area contributed by atoms with Gasteiger partial charge in [-0.25, -0.2) is 9.18 Å². The molecule has 0 aliphatic carbocycles. The number of carbonyl (C=O) groups excluding carboxylic acids is 1. The van der Waals surface area contributed by atoms with Crippen LogP contribution in [0.15, 0.2) is 24.3 Å². The second kappa shape index (κ2) is 5.63. The molecule has 1 aliphatic rings. The number of carbonyl (C=O) groups is 1. The first-order valence-electron chi connectivity index (χ1n) is 5.64. The number of rotatable bonds is 3. The van der Waals surface area contributed by atoms with Crippen molar-refractivity contribution in [1.29, 1.82) is 0 Å². The lowest BCUT2D eigenvalue weighted by molar-refractivity contribution is 0.144. The third-order valence-corrected chi connectivity index (χ3v) is 2.68. The molecular weight excluding hydrogens is 223 g/mol. The molecular formula is C12H15FN2O2. The molecule has 0 radical (unpaired) electrons. The summed E-state index contributed by atoms with van der Waals surface area (Å²) in [5, 5.41) is 5.68. The quantitative estimate of drug-likeness (QED) is 0.846. The fraction of sp³-hybridized carbons (Fsp3) is 0.417. The summed E-state index contributed by atoms with van der Waals surface area (Å²) in [7, 11) is 0. The largest absolute Gasteiger partial charge is 0.449 e. The number of anilines is 1. The number of ether oxygens (including phenoxy) is 1. The highest BCUT2D eigenvalue weighted by Gasteiger charge is 2.16. The van der Waals surface area contributed by atoms with Gasteiger partial charge in [0.25, 0.3) is 0 Å². The Morgan fingerprint density at radius 1 is 1.59 bits per heavy atom. The molecule has 4 nitrogen and oxygen atoms in total. The van der Waals surface area contributed by atoms with E-state index in [1.165, 1.54) is 18.2 Å². The highest BCUT2D eigenvalue weighted by atomic mass is 19.1. The number of nitrogens with one attached hydrogen (secondary N) is 2. The second-order valence-corrected chi connectivity index (χ2v) is 4.09. The summed E-state index contributed by atoms with van der Waals surface area (Å²) in [5.74, 6) is -0.00366. The Hall–Kier alpha value is -1.62. The van der Waals surface area contributed by atoms with Gasteiger partial charge in [0.05, 0.1) is 6.61 Å². The van der Waals surface area contributed by atoms with Crippen LogP contribution in [0.4, 0.5) is 14.9 Å². The standard InChI is InChI=1S/C12H15FN2O2/c13-10-2-1-3-11(6-10)15-12(16)17-8-9-4-5-14-7-9/h1-3,6,9,14H,4-5,7-8H2,(H,15,16). The first kappa shape index (κ1) is 11.9. The third kappa shape index (κ3) is 3.71. The van der Waals surface area contributed by atoms with E-state index in [1.54, 1.807) is 6.07 Å². The lowest BCUT2D eigenvalue weighted by atomic mass is 10.1. The Morgan fingerprint density at radius 2 is 2.47 bits per heavy atom. The van der Waals surface area contributed by atoms with Crippen molar-refractivity contribution in [3.8, 4) is 0 Å². The molecule has 1 amide bonds. The van der Waals surface area contributed by atoms with Crippen LogP contribution in [0, 0.1) is 11.7 Å². The molecule has 1 aliphatic heterocycles. The third-order valence-electron chi connectivity index (χ3n) is 2.68. The Labute approximate surface area is 99.2 Å². The molecule has 2 rings (SSSR count). The molecule has 0 saturated carbocycles. The number of hydrogen-bond acceptors (Lipinski definition) is 3. The van der Waals surface area contributed by atoms with Crippen LogP contribution in [0.5, 0.6) is 0 Å². The van der Waals surface area contributed by atoms with Gasteiger partial charge in [0, 0.05) is 18.2 Å². The fourth-order valence-corrected chi connectivity index (χ4v) is 1.77. The summed E-state index contributed by atoms with van der Waals surface area (Å²) in [5.41, 5.74) is 0.402. The van der Waals surface area contributed by atoms with Gasteiger partial charge < -0.3 is 10.1 Å². The van der Waals surface area contributed by atoms with Crippen LogP contribution in [0.25, 0.3) is 0 Å². The van der Waals surface area contributed by atoms with Crippen LogP contribution < -0.4 is 10.6 Å². The Morgan fingerprint density at radius 3 is 3.18 bits per heavy atom. The van der Waals surface area contributed by atoms with E-state index in [1.807, 2.05) is 0 Å². The Balaban J connectivity index is 1.76. The zero-order valence-corrected chi connectivity index (χ0v) is 9.41. The molecule has 0 spiro atoms. The SMILES string of the molecule is O=C(Nc1cccc(F)c1)OCC1CCNC1. The maximum absolute atomic E-state index is 12.8. The minimum atomic E-state index is -0.539. The fourth-order valence-electron chi connectivity index (χ4n) is 1.77. The molecule has 5 heteroatoms. The van der Waals surface area contributed by atoms with Crippen LogP contribution in [0.1, 0.15) is 6.42 Å². The molecule has 1 heterocycles. The average Bonchev–Trinajstić information content (AvgIpc) is 2.79. The molecule has 17 heavy (non-hydrogen) atoms. The highest BCUT2D eigenvalue weighted by Crippen LogP contribution is 2.11. The first-order valence-corrected chi connectivity index (χ1v) is 5.64. The molecule has 92 valence electrons. The van der Waals surface area contributed by atoms with E-state index in [0.29, 0.717) is 18.2 Å². The van der Waals surface area contributed by atoms with Gasteiger partial charge in [-0.1, -0.05) is 6.07 Å². The zero-order valence-electron chi connectivity index (χ0n) is 9.41. The van der Waals surface area contributed by atoms with Crippen LogP contribution >= 0.6 is 0 Å². The van der Waals surface area contributed by atoms with E-state index < -0.39 is 6.09 Å². The van der Waals surface area contributed by atoms with Crippen LogP contribution in [0.2, 0.25) is 0 Å². The number of amides is 1. The maximum atomic E-state index is 12.8. The summed E-state index contributed by atoms with van der Waals surface area (Å²) in [4.78, 5) is 11.4. The normalized spacial score (nSPS) is 19.0. The molecule has 1 saturated heterocycles. The summed E-state index contributed by atoms with van der Waals surface area (Å²) >= 11 is 0. The summed E-state index contributed by atoms with van der Waals surface area (Å²) in [6.45, 7) is 2.25. The maximum Gasteiger partial charge on any atom is 0.411 e. The van der Waals surface area contributed by atoms with Crippen molar-refractivity contribution in [2.45, 2.75) is 6.42 Å². The minimum absolute atomic E-state index is 0.383. The van der Waals surface area contributed by atoms with E-state index in [4.69, 9.17) is 4.74 Å². The summed E-state index contributed by atoms with van der Waals surface area (Å²) < 4.78 is 17.9. The predicted octanol–water partition coefficient (Wildman–Crippen LogP) is 1.98. The van der Waals surface area contributed by atoms with Crippen molar-refractivity contribution < 1.29 is 13.9 Å². The molecule has 1 aromatic rings. The van der Waals surface area contributed by atoms with Crippen molar-refractivity contribution in [2.75, 3.05) is 25.0 Å². The van der Waals surface area contributed by atoms with E-state index in [2.05, 4.69) is 10.6 Å². The van der Waals surface area contributed by atoms with Crippen LogP contribution in [-0.2, 0) is 4.74 Å². The Bertz CT molecular complexity index is 392. The van der Waals surface area contributed by atoms with Crippen LogP contribution in [0.3, 0.4) is 0 Å². The van der Waals surface area contributed by atoms with Gasteiger partial charge in [-0.05, 0) is 31.2 Å².